The van der Waals surface area contributed by atoms with Crippen molar-refractivity contribution in [3.8, 4) is 22.6 Å². The molecule has 2 aromatic carbocycles. The summed E-state index contributed by atoms with van der Waals surface area (Å²) in [5.41, 5.74) is 3.69. The molecule has 1 saturated carbocycles. The normalized spacial score (nSPS) is 15.4. The zero-order valence-electron chi connectivity index (χ0n) is 17.2. The van der Waals surface area contributed by atoms with E-state index >= 15 is 0 Å². The van der Waals surface area contributed by atoms with Crippen molar-refractivity contribution in [2.75, 3.05) is 13.8 Å². The molecule has 1 N–H and O–H groups in total. The van der Waals surface area contributed by atoms with Crippen molar-refractivity contribution in [1.29, 1.82) is 0 Å². The summed E-state index contributed by atoms with van der Waals surface area (Å²) < 4.78 is 10.9. The van der Waals surface area contributed by atoms with Gasteiger partial charge < -0.3 is 14.8 Å². The Kier molecular flexibility index (Phi) is 4.70. The summed E-state index contributed by atoms with van der Waals surface area (Å²) in [7, 11) is 1.61. The number of rotatable bonds is 6. The Balaban J connectivity index is 0.00000245. The molecule has 2 heterocycles. The van der Waals surface area contributed by atoms with Gasteiger partial charge in [-0.2, -0.15) is 0 Å². The Morgan fingerprint density at radius 3 is 2.61 bits per heavy atom. The molecule has 5 rings (SSSR count). The molecule has 1 fully saturated rings. The predicted molar refractivity (Wildman–Crippen MR) is 117 cm³/mol. The molecule has 0 radical (unpaired) electrons. The number of Topliss-reactive ketones (excluding diaryl/α,β-unsaturated/α-hetero) is 1. The lowest BCUT2D eigenvalue weighted by Gasteiger charge is -2.15. The Bertz CT molecular complexity index is 1170. The van der Waals surface area contributed by atoms with Crippen LogP contribution in [0.2, 0.25) is 0 Å². The number of hydrogen-bond donors (Lipinski definition) is 1. The van der Waals surface area contributed by atoms with Crippen LogP contribution in [0.4, 0.5) is 0 Å². The topological polar surface area (TPSA) is 77.5 Å². The van der Waals surface area contributed by atoms with Crippen molar-refractivity contribution in [1.82, 2.24) is 10.3 Å². The summed E-state index contributed by atoms with van der Waals surface area (Å²) in [6, 6.07) is 17.0. The number of benzene rings is 2. The second-order valence-electron chi connectivity index (χ2n) is 7.95. The van der Waals surface area contributed by atoms with Gasteiger partial charge in [-0.1, -0.05) is 24.3 Å². The molecule has 0 unspecified atom stereocenters. The fourth-order valence-corrected chi connectivity index (χ4v) is 4.07. The van der Waals surface area contributed by atoms with Crippen LogP contribution in [0.15, 0.2) is 60.8 Å². The van der Waals surface area contributed by atoms with Crippen LogP contribution in [0.3, 0.4) is 0 Å². The van der Waals surface area contributed by atoms with Crippen LogP contribution in [0, 0.1) is 0 Å². The SMILES string of the molecule is CNC(=O)c1cccc(-c2ccc(CC(=O)C3(c4ccc5c(c4)OCO5)CC3)nc2)c1.[HH]. The van der Waals surface area contributed by atoms with Crippen molar-refractivity contribution in [3.05, 3.63) is 77.6 Å². The molecule has 1 aromatic heterocycles. The smallest absolute Gasteiger partial charge is 0.251 e. The number of carbonyl (C=O) groups excluding carboxylic acids is 2. The number of nitrogens with one attached hydrogen (secondary N) is 1. The number of ether oxygens (including phenoxy) is 2. The molecular weight excluding hydrogens is 392 g/mol. The summed E-state index contributed by atoms with van der Waals surface area (Å²) in [6.07, 6.45) is 3.73. The van der Waals surface area contributed by atoms with E-state index < -0.39 is 5.41 Å². The number of carbonyl (C=O) groups is 2. The molecular formula is C25H24N2O4. The van der Waals surface area contributed by atoms with E-state index in [4.69, 9.17) is 9.47 Å². The zero-order chi connectivity index (χ0) is 21.4. The van der Waals surface area contributed by atoms with Crippen molar-refractivity contribution >= 4 is 11.7 Å². The van der Waals surface area contributed by atoms with Crippen LogP contribution in [0.25, 0.3) is 11.1 Å². The van der Waals surface area contributed by atoms with Crippen LogP contribution in [0.5, 0.6) is 11.5 Å². The van der Waals surface area contributed by atoms with Crippen LogP contribution in [0.1, 0.15) is 35.9 Å². The minimum absolute atomic E-state index is 0. The predicted octanol–water partition coefficient (Wildman–Crippen LogP) is 3.93. The van der Waals surface area contributed by atoms with Crippen molar-refractivity contribution in [2.45, 2.75) is 24.7 Å². The van der Waals surface area contributed by atoms with Crippen LogP contribution >= 0.6 is 0 Å². The maximum absolute atomic E-state index is 13.1. The van der Waals surface area contributed by atoms with E-state index in [1.165, 1.54) is 0 Å². The number of hydrogen-bond acceptors (Lipinski definition) is 5. The number of amides is 1. The molecule has 6 heteroatoms. The van der Waals surface area contributed by atoms with Gasteiger partial charge in [0.05, 0.1) is 5.41 Å². The van der Waals surface area contributed by atoms with Crippen molar-refractivity contribution < 1.29 is 20.5 Å². The lowest BCUT2D eigenvalue weighted by atomic mass is 9.88. The zero-order valence-corrected chi connectivity index (χ0v) is 17.2. The average molecular weight is 416 g/mol. The summed E-state index contributed by atoms with van der Waals surface area (Å²) >= 11 is 0. The monoisotopic (exact) mass is 416 g/mol. The minimum atomic E-state index is -0.441. The molecule has 6 nitrogen and oxygen atoms in total. The van der Waals surface area contributed by atoms with E-state index in [1.807, 2.05) is 48.5 Å². The molecule has 0 atom stereocenters. The van der Waals surface area contributed by atoms with Gasteiger partial charge in [-0.15, -0.1) is 0 Å². The molecule has 1 aliphatic carbocycles. The molecule has 1 amide bonds. The summed E-state index contributed by atoms with van der Waals surface area (Å²) in [4.78, 5) is 29.5. The van der Waals surface area contributed by atoms with Gasteiger partial charge in [0.25, 0.3) is 5.91 Å². The first-order chi connectivity index (χ1) is 15.1. The Morgan fingerprint density at radius 2 is 1.87 bits per heavy atom. The molecule has 3 aromatic rings. The van der Waals surface area contributed by atoms with E-state index in [0.29, 0.717) is 11.3 Å². The molecule has 0 spiro atoms. The summed E-state index contributed by atoms with van der Waals surface area (Å²) in [5, 5.41) is 2.63. The molecule has 1 aliphatic heterocycles. The van der Waals surface area contributed by atoms with Gasteiger partial charge in [0.15, 0.2) is 11.5 Å². The highest BCUT2D eigenvalue weighted by atomic mass is 16.7. The Hall–Kier alpha value is -3.67. The first-order valence-corrected chi connectivity index (χ1v) is 10.3. The summed E-state index contributed by atoms with van der Waals surface area (Å²) in [5.74, 6) is 1.48. The maximum atomic E-state index is 13.1. The number of pyridine rings is 1. The lowest BCUT2D eigenvalue weighted by Crippen LogP contribution is -2.22. The fraction of sp³-hybridized carbons (Fsp3) is 0.240. The average Bonchev–Trinajstić information content (AvgIpc) is 3.50. The second-order valence-corrected chi connectivity index (χ2v) is 7.95. The lowest BCUT2D eigenvalue weighted by molar-refractivity contribution is -0.120. The summed E-state index contributed by atoms with van der Waals surface area (Å²) in [6.45, 7) is 0.224. The highest BCUT2D eigenvalue weighted by molar-refractivity contribution is 5.95. The maximum Gasteiger partial charge on any atom is 0.251 e. The van der Waals surface area contributed by atoms with E-state index in [1.54, 1.807) is 19.3 Å². The van der Waals surface area contributed by atoms with Crippen LogP contribution < -0.4 is 14.8 Å². The largest absolute Gasteiger partial charge is 0.454 e. The quantitative estimate of drug-likeness (QED) is 0.659. The second kappa shape index (κ2) is 7.54. The van der Waals surface area contributed by atoms with Gasteiger partial charge in [0, 0.05) is 37.9 Å². The third-order valence-corrected chi connectivity index (χ3v) is 6.06. The van der Waals surface area contributed by atoms with Gasteiger partial charge >= 0.3 is 0 Å². The van der Waals surface area contributed by atoms with Gasteiger partial charge in [0.2, 0.25) is 6.79 Å². The standard InChI is InChI=1S/C25H22N2O4.H2/c1-26-24(29)17-4-2-3-16(11-17)18-5-7-20(27-14-18)13-23(28)25(9-10-25)19-6-8-21-22(12-19)31-15-30-21;/h2-8,11-12,14H,9-10,13,15H2,1H3,(H,26,29);1H. The van der Waals surface area contributed by atoms with E-state index in [9.17, 15) is 9.59 Å². The van der Waals surface area contributed by atoms with Gasteiger partial charge in [0.1, 0.15) is 5.78 Å². The van der Waals surface area contributed by atoms with Gasteiger partial charge in [-0.25, -0.2) is 0 Å². The Morgan fingerprint density at radius 1 is 1.03 bits per heavy atom. The highest BCUT2D eigenvalue weighted by Crippen LogP contribution is 2.51. The third kappa shape index (κ3) is 3.54. The molecule has 0 saturated heterocycles. The minimum Gasteiger partial charge on any atom is -0.454 e. The third-order valence-electron chi connectivity index (χ3n) is 6.06. The van der Waals surface area contributed by atoms with E-state index in [-0.39, 0.29) is 26.3 Å². The van der Waals surface area contributed by atoms with Gasteiger partial charge in [-0.05, 0) is 54.3 Å². The molecule has 0 bridgehead atoms. The highest BCUT2D eigenvalue weighted by Gasteiger charge is 2.50. The van der Waals surface area contributed by atoms with Crippen LogP contribution in [-0.2, 0) is 16.6 Å². The fourth-order valence-electron chi connectivity index (χ4n) is 4.07. The number of aromatic nitrogens is 1. The number of nitrogens with zero attached hydrogens (tertiary/aromatic N) is 1. The van der Waals surface area contributed by atoms with Crippen molar-refractivity contribution in [3.63, 3.8) is 0 Å². The first-order valence-electron chi connectivity index (χ1n) is 10.3. The van der Waals surface area contributed by atoms with Crippen LogP contribution in [-0.4, -0.2) is 30.5 Å². The molecule has 31 heavy (non-hydrogen) atoms. The van der Waals surface area contributed by atoms with Crippen molar-refractivity contribution in [2.24, 2.45) is 0 Å². The first kappa shape index (κ1) is 19.3. The van der Waals surface area contributed by atoms with E-state index in [2.05, 4.69) is 10.3 Å². The molecule has 2 aliphatic rings. The van der Waals surface area contributed by atoms with E-state index in [0.717, 1.165) is 41.0 Å². The number of ketones is 1. The Labute approximate surface area is 181 Å². The number of fused-ring (bicyclic) bond motifs is 1. The molecule has 158 valence electrons. The van der Waals surface area contributed by atoms with Gasteiger partial charge in [-0.3, -0.25) is 14.6 Å².